The van der Waals surface area contributed by atoms with Crippen LogP contribution >= 0.6 is 0 Å². The van der Waals surface area contributed by atoms with Crippen molar-refractivity contribution in [3.05, 3.63) is 76.9 Å². The second-order valence-electron chi connectivity index (χ2n) is 10.9. The first-order valence-electron chi connectivity index (χ1n) is 12.7. The van der Waals surface area contributed by atoms with Gasteiger partial charge in [-0.1, -0.05) is 54.6 Å². The lowest BCUT2D eigenvalue weighted by Crippen LogP contribution is -2.46. The first-order valence-corrected chi connectivity index (χ1v) is 12.7. The van der Waals surface area contributed by atoms with Gasteiger partial charge in [0.2, 0.25) is 0 Å². The number of hydrogen-bond donors (Lipinski definition) is 3. The minimum atomic E-state index is -0.815. The first kappa shape index (κ1) is 24.8. The number of aliphatic hydroxyl groups excluding tert-OH is 1. The van der Waals surface area contributed by atoms with Crippen LogP contribution in [-0.4, -0.2) is 47.1 Å². The van der Waals surface area contributed by atoms with E-state index in [1.54, 1.807) is 0 Å². The second-order valence-corrected chi connectivity index (χ2v) is 10.9. The summed E-state index contributed by atoms with van der Waals surface area (Å²) in [5.74, 6) is -0.608. The Kier molecular flexibility index (Phi) is 6.54. The van der Waals surface area contributed by atoms with E-state index in [1.165, 1.54) is 16.3 Å². The fraction of sp³-hybridized carbons (Fsp3) is 0.433. The number of aliphatic carboxylic acids is 1. The zero-order chi connectivity index (χ0) is 25.6. The van der Waals surface area contributed by atoms with Crippen LogP contribution in [0.4, 0.5) is 0 Å². The van der Waals surface area contributed by atoms with Crippen LogP contribution in [0, 0.1) is 12.8 Å². The maximum absolute atomic E-state index is 11.5. The number of nitrogens with one attached hydrogen (secondary N) is 1. The number of aliphatic hydroxyl groups is 1. The minimum Gasteiger partial charge on any atom is -0.488 e. The molecular weight excluding hydrogens is 454 g/mol. The molecule has 1 fully saturated rings. The molecule has 1 heterocycles. The topological polar surface area (TPSA) is 88.0 Å². The molecule has 0 spiro atoms. The monoisotopic (exact) mass is 489 g/mol. The van der Waals surface area contributed by atoms with Gasteiger partial charge in [-0.05, 0) is 61.6 Å². The summed E-state index contributed by atoms with van der Waals surface area (Å²) < 4.78 is 12.0. The lowest BCUT2D eigenvalue weighted by molar-refractivity contribution is -0.139. The third kappa shape index (κ3) is 4.85. The molecule has 0 amide bonds. The van der Waals surface area contributed by atoms with Gasteiger partial charge in [0.05, 0.1) is 18.8 Å². The van der Waals surface area contributed by atoms with Crippen LogP contribution in [0.5, 0.6) is 5.75 Å². The van der Waals surface area contributed by atoms with Crippen molar-refractivity contribution in [2.45, 2.75) is 63.9 Å². The van der Waals surface area contributed by atoms with Crippen molar-refractivity contribution >= 4 is 16.7 Å². The van der Waals surface area contributed by atoms with Crippen molar-refractivity contribution in [1.29, 1.82) is 0 Å². The maximum Gasteiger partial charge on any atom is 0.311 e. The molecule has 5 unspecified atom stereocenters. The Hall–Kier alpha value is -2.93. The van der Waals surface area contributed by atoms with Gasteiger partial charge in [0.1, 0.15) is 17.8 Å². The lowest BCUT2D eigenvalue weighted by Gasteiger charge is -2.28. The maximum atomic E-state index is 11.5. The van der Waals surface area contributed by atoms with E-state index >= 15 is 0 Å². The third-order valence-electron chi connectivity index (χ3n) is 7.51. The summed E-state index contributed by atoms with van der Waals surface area (Å²) in [4.78, 5) is 11.5. The highest BCUT2D eigenvalue weighted by Gasteiger charge is 2.64. The molecule has 36 heavy (non-hydrogen) atoms. The van der Waals surface area contributed by atoms with Crippen LogP contribution in [0.1, 0.15) is 55.0 Å². The number of carbonyl (C=O) groups is 1. The number of rotatable bonds is 10. The van der Waals surface area contributed by atoms with Crippen LogP contribution in [0.25, 0.3) is 10.8 Å². The molecular formula is C30H35NO5. The number of carboxylic acids is 1. The van der Waals surface area contributed by atoms with Gasteiger partial charge in [0.25, 0.3) is 0 Å². The Morgan fingerprint density at radius 2 is 1.89 bits per heavy atom. The standard InChI is InChI=1S/C30H35NO5/c1-17-9-12-23(24-25-26(29(33)34)28(25)36-27(17)24)18(2)35-16-22(32)15-31-30(3,4)14-19-10-11-20-7-5-6-8-21(20)13-19/h5-13,18,22,25-26,28,31-32H,14-16H2,1-4H3,(H,33,34). The van der Waals surface area contributed by atoms with E-state index in [2.05, 4.69) is 55.6 Å². The van der Waals surface area contributed by atoms with Crippen molar-refractivity contribution in [3.8, 4) is 5.75 Å². The van der Waals surface area contributed by atoms with E-state index in [1.807, 2.05) is 32.0 Å². The van der Waals surface area contributed by atoms with Crippen LogP contribution in [0.3, 0.4) is 0 Å². The minimum absolute atomic E-state index is 0.110. The summed E-state index contributed by atoms with van der Waals surface area (Å²) in [7, 11) is 0. The molecule has 1 aliphatic heterocycles. The van der Waals surface area contributed by atoms with E-state index < -0.39 is 18.0 Å². The Balaban J connectivity index is 1.16. The quantitative estimate of drug-likeness (QED) is 0.381. The average Bonchev–Trinajstić information content (AvgIpc) is 3.43. The number of carboxylic acid groups (broad SMARTS) is 1. The van der Waals surface area contributed by atoms with E-state index in [9.17, 15) is 15.0 Å². The van der Waals surface area contributed by atoms with Gasteiger partial charge in [0, 0.05) is 23.6 Å². The molecule has 0 bridgehead atoms. The number of ether oxygens (including phenoxy) is 2. The van der Waals surface area contributed by atoms with E-state index in [-0.39, 0.29) is 30.3 Å². The van der Waals surface area contributed by atoms with E-state index in [4.69, 9.17) is 9.47 Å². The van der Waals surface area contributed by atoms with Gasteiger partial charge in [-0.2, -0.15) is 0 Å². The molecule has 0 radical (unpaired) electrons. The molecule has 0 aromatic heterocycles. The highest BCUT2D eigenvalue weighted by Crippen LogP contribution is 2.61. The molecule has 3 aromatic carbocycles. The number of hydrogen-bond acceptors (Lipinski definition) is 5. The molecule has 1 saturated carbocycles. The lowest BCUT2D eigenvalue weighted by atomic mass is 9.93. The number of benzene rings is 3. The van der Waals surface area contributed by atoms with Crippen LogP contribution in [-0.2, 0) is 16.0 Å². The number of aryl methyl sites for hydroxylation is 1. The second kappa shape index (κ2) is 9.51. The highest BCUT2D eigenvalue weighted by atomic mass is 16.5. The van der Waals surface area contributed by atoms with Gasteiger partial charge in [0.15, 0.2) is 0 Å². The van der Waals surface area contributed by atoms with Crippen molar-refractivity contribution in [1.82, 2.24) is 5.32 Å². The van der Waals surface area contributed by atoms with E-state index in [0.29, 0.717) is 6.54 Å². The predicted molar refractivity (Wildman–Crippen MR) is 140 cm³/mol. The molecule has 190 valence electrons. The van der Waals surface area contributed by atoms with E-state index in [0.717, 1.165) is 28.9 Å². The highest BCUT2D eigenvalue weighted by molar-refractivity contribution is 5.83. The normalized spacial score (nSPS) is 22.0. The average molecular weight is 490 g/mol. The van der Waals surface area contributed by atoms with Gasteiger partial charge >= 0.3 is 5.97 Å². The molecule has 2 aliphatic rings. The Labute approximate surface area is 212 Å². The smallest absolute Gasteiger partial charge is 0.311 e. The Bertz CT molecular complexity index is 1290. The van der Waals surface area contributed by atoms with Gasteiger partial charge in [-0.15, -0.1) is 0 Å². The number of β-amino-alcohol motifs (C(OH)–C–C–N with tert-alkyl or cyclic N) is 1. The third-order valence-corrected chi connectivity index (χ3v) is 7.51. The van der Waals surface area contributed by atoms with Crippen molar-refractivity contribution in [3.63, 3.8) is 0 Å². The molecule has 3 N–H and O–H groups in total. The summed E-state index contributed by atoms with van der Waals surface area (Å²) >= 11 is 0. The summed E-state index contributed by atoms with van der Waals surface area (Å²) in [6, 6.07) is 18.9. The first-order chi connectivity index (χ1) is 17.1. The summed E-state index contributed by atoms with van der Waals surface area (Å²) in [6.07, 6.45) is -0.385. The Morgan fingerprint density at radius 1 is 1.14 bits per heavy atom. The molecule has 6 heteroatoms. The van der Waals surface area contributed by atoms with Gasteiger partial charge in [-0.3, -0.25) is 4.79 Å². The van der Waals surface area contributed by atoms with Crippen molar-refractivity contribution in [2.24, 2.45) is 5.92 Å². The molecule has 3 aromatic rings. The summed E-state index contributed by atoms with van der Waals surface area (Å²) in [6.45, 7) is 8.79. The summed E-state index contributed by atoms with van der Waals surface area (Å²) in [5.41, 5.74) is 3.97. The van der Waals surface area contributed by atoms with Crippen molar-refractivity contribution in [2.75, 3.05) is 13.2 Å². The Morgan fingerprint density at radius 3 is 2.64 bits per heavy atom. The zero-order valence-electron chi connectivity index (χ0n) is 21.3. The molecule has 1 aliphatic carbocycles. The van der Waals surface area contributed by atoms with Crippen LogP contribution in [0.15, 0.2) is 54.6 Å². The SMILES string of the molecule is Cc1ccc(C(C)OCC(O)CNC(C)(C)Cc2ccc3ccccc3c2)c2c1OC1C(C(=O)O)C21. The molecule has 6 nitrogen and oxygen atoms in total. The summed E-state index contributed by atoms with van der Waals surface area (Å²) in [5, 5.41) is 26.1. The molecule has 5 rings (SSSR count). The largest absolute Gasteiger partial charge is 0.488 e. The van der Waals surface area contributed by atoms with Crippen LogP contribution < -0.4 is 10.1 Å². The fourth-order valence-electron chi connectivity index (χ4n) is 5.50. The van der Waals surface area contributed by atoms with Gasteiger partial charge < -0.3 is 25.0 Å². The fourth-order valence-corrected chi connectivity index (χ4v) is 5.50. The van der Waals surface area contributed by atoms with Gasteiger partial charge in [-0.25, -0.2) is 0 Å². The zero-order valence-corrected chi connectivity index (χ0v) is 21.3. The van der Waals surface area contributed by atoms with Crippen molar-refractivity contribution < 1.29 is 24.5 Å². The number of fused-ring (bicyclic) bond motifs is 4. The van der Waals surface area contributed by atoms with Crippen LogP contribution in [0.2, 0.25) is 0 Å². The predicted octanol–water partition coefficient (Wildman–Crippen LogP) is 4.76. The molecule has 0 saturated heterocycles. The molecule has 5 atom stereocenters.